The van der Waals surface area contributed by atoms with Crippen molar-refractivity contribution >= 4 is 29.7 Å². The summed E-state index contributed by atoms with van der Waals surface area (Å²) in [4.78, 5) is 51.4. The third-order valence-electron chi connectivity index (χ3n) is 5.92. The van der Waals surface area contributed by atoms with Crippen LogP contribution in [0.15, 0.2) is 12.1 Å². The number of ether oxygens (including phenoxy) is 1. The average Bonchev–Trinajstić information content (AvgIpc) is 3.04. The van der Waals surface area contributed by atoms with Gasteiger partial charge in [-0.25, -0.2) is 0 Å². The maximum absolute atomic E-state index is 13.1. The van der Waals surface area contributed by atoms with Crippen LogP contribution in [0.5, 0.6) is 5.75 Å². The number of nitrogens with zero attached hydrogens (tertiary/aromatic N) is 2. The average molecular weight is 385 g/mol. The molecule has 0 radical (unpaired) electrons. The van der Waals surface area contributed by atoms with Crippen LogP contribution in [0.2, 0.25) is 0 Å². The number of rotatable bonds is 4. The highest BCUT2D eigenvalue weighted by Crippen LogP contribution is 2.38. The lowest BCUT2D eigenvalue weighted by atomic mass is 9.97. The van der Waals surface area contributed by atoms with E-state index in [0.717, 1.165) is 43.5 Å². The number of aldehydes is 1. The van der Waals surface area contributed by atoms with Crippen LogP contribution in [-0.4, -0.2) is 55.1 Å². The Bertz CT molecular complexity index is 844. The SMILES string of the molecule is COc1cc(N2CCC(C=O)CC2)cc2c1CN(C1CCC(=O)NC1=O)C2=O. The number of carbonyl (C=O) groups excluding carboxylic acids is 4. The molecule has 3 aliphatic heterocycles. The van der Waals surface area contributed by atoms with Crippen molar-refractivity contribution < 1.29 is 23.9 Å². The standard InChI is InChI=1S/C20H23N3O5/c1-28-17-9-13(22-6-4-12(11-24)5-7-22)8-14-15(17)10-23(20(14)27)16-2-3-18(25)21-19(16)26/h8-9,11-12,16H,2-7,10H2,1H3,(H,21,25,26). The van der Waals surface area contributed by atoms with E-state index in [9.17, 15) is 19.2 Å². The molecule has 1 unspecified atom stereocenters. The number of benzene rings is 1. The zero-order chi connectivity index (χ0) is 19.8. The van der Waals surface area contributed by atoms with Crippen molar-refractivity contribution in [2.24, 2.45) is 5.92 Å². The minimum atomic E-state index is -0.644. The Hall–Kier alpha value is -2.90. The molecular weight excluding hydrogens is 362 g/mol. The summed E-state index contributed by atoms with van der Waals surface area (Å²) < 4.78 is 5.54. The molecule has 1 aromatic carbocycles. The highest BCUT2D eigenvalue weighted by Gasteiger charge is 2.40. The number of anilines is 1. The summed E-state index contributed by atoms with van der Waals surface area (Å²) in [6.07, 6.45) is 3.16. The highest BCUT2D eigenvalue weighted by molar-refractivity contribution is 6.06. The molecule has 0 saturated carbocycles. The molecule has 3 heterocycles. The molecule has 8 heteroatoms. The van der Waals surface area contributed by atoms with Gasteiger partial charge in [-0.05, 0) is 25.3 Å². The first-order valence-corrected chi connectivity index (χ1v) is 9.57. The minimum Gasteiger partial charge on any atom is -0.496 e. The van der Waals surface area contributed by atoms with Gasteiger partial charge in [-0.3, -0.25) is 19.7 Å². The molecule has 1 N–H and O–H groups in total. The van der Waals surface area contributed by atoms with Crippen molar-refractivity contribution in [2.45, 2.75) is 38.3 Å². The van der Waals surface area contributed by atoms with Gasteiger partial charge in [-0.1, -0.05) is 0 Å². The number of piperidine rings is 2. The lowest BCUT2D eigenvalue weighted by molar-refractivity contribution is -0.136. The zero-order valence-corrected chi connectivity index (χ0v) is 15.8. The summed E-state index contributed by atoms with van der Waals surface area (Å²) in [7, 11) is 1.57. The van der Waals surface area contributed by atoms with Gasteiger partial charge in [0, 0.05) is 42.7 Å². The molecule has 0 bridgehead atoms. The number of hydrogen-bond acceptors (Lipinski definition) is 6. The topological polar surface area (TPSA) is 96.0 Å². The van der Waals surface area contributed by atoms with E-state index in [1.54, 1.807) is 7.11 Å². The molecule has 4 rings (SSSR count). The maximum Gasteiger partial charge on any atom is 0.255 e. The second kappa shape index (κ2) is 7.26. The molecule has 2 fully saturated rings. The summed E-state index contributed by atoms with van der Waals surface area (Å²) in [6.45, 7) is 1.78. The Morgan fingerprint density at radius 2 is 1.89 bits per heavy atom. The first-order valence-electron chi connectivity index (χ1n) is 9.57. The maximum atomic E-state index is 13.1. The summed E-state index contributed by atoms with van der Waals surface area (Å²) >= 11 is 0. The normalized spacial score (nSPS) is 22.9. The van der Waals surface area contributed by atoms with Crippen LogP contribution in [0.3, 0.4) is 0 Å². The van der Waals surface area contributed by atoms with Crippen molar-refractivity contribution in [1.82, 2.24) is 10.2 Å². The van der Waals surface area contributed by atoms with Gasteiger partial charge < -0.3 is 19.3 Å². The van der Waals surface area contributed by atoms with E-state index in [4.69, 9.17) is 4.74 Å². The van der Waals surface area contributed by atoms with Crippen molar-refractivity contribution in [1.29, 1.82) is 0 Å². The predicted molar refractivity (Wildman–Crippen MR) is 100 cm³/mol. The molecule has 0 spiro atoms. The summed E-state index contributed by atoms with van der Waals surface area (Å²) in [6, 6.07) is 3.13. The predicted octanol–water partition coefficient (Wildman–Crippen LogP) is 0.871. The minimum absolute atomic E-state index is 0.0946. The number of fused-ring (bicyclic) bond motifs is 1. The fourth-order valence-corrected chi connectivity index (χ4v) is 4.27. The van der Waals surface area contributed by atoms with Gasteiger partial charge in [0.1, 0.15) is 18.1 Å². The Morgan fingerprint density at radius 1 is 1.14 bits per heavy atom. The van der Waals surface area contributed by atoms with Crippen LogP contribution >= 0.6 is 0 Å². The number of carbonyl (C=O) groups is 4. The van der Waals surface area contributed by atoms with Crippen LogP contribution < -0.4 is 15.0 Å². The highest BCUT2D eigenvalue weighted by atomic mass is 16.5. The fraction of sp³-hybridized carbons (Fsp3) is 0.500. The van der Waals surface area contributed by atoms with Gasteiger partial charge in [0.15, 0.2) is 0 Å². The molecule has 2 saturated heterocycles. The number of methoxy groups -OCH3 is 1. The molecule has 8 nitrogen and oxygen atoms in total. The van der Waals surface area contributed by atoms with E-state index < -0.39 is 11.9 Å². The second-order valence-corrected chi connectivity index (χ2v) is 7.53. The number of imide groups is 1. The van der Waals surface area contributed by atoms with Crippen LogP contribution in [-0.2, 0) is 20.9 Å². The van der Waals surface area contributed by atoms with E-state index in [1.165, 1.54) is 4.90 Å². The van der Waals surface area contributed by atoms with E-state index in [-0.39, 0.29) is 30.7 Å². The molecule has 1 aromatic rings. The molecule has 148 valence electrons. The zero-order valence-electron chi connectivity index (χ0n) is 15.8. The second-order valence-electron chi connectivity index (χ2n) is 7.53. The van der Waals surface area contributed by atoms with Crippen LogP contribution in [0.4, 0.5) is 5.69 Å². The third-order valence-corrected chi connectivity index (χ3v) is 5.92. The Labute approximate surface area is 162 Å². The Morgan fingerprint density at radius 3 is 2.54 bits per heavy atom. The van der Waals surface area contributed by atoms with Crippen LogP contribution in [0.25, 0.3) is 0 Å². The first kappa shape index (κ1) is 18.5. The van der Waals surface area contributed by atoms with E-state index in [2.05, 4.69) is 10.2 Å². The van der Waals surface area contributed by atoms with Crippen molar-refractivity contribution in [3.8, 4) is 5.75 Å². The van der Waals surface area contributed by atoms with Crippen molar-refractivity contribution in [3.63, 3.8) is 0 Å². The molecular formula is C20H23N3O5. The molecule has 1 atom stereocenters. The quantitative estimate of drug-likeness (QED) is 0.610. The van der Waals surface area contributed by atoms with E-state index in [0.29, 0.717) is 17.7 Å². The first-order chi connectivity index (χ1) is 13.5. The van der Waals surface area contributed by atoms with E-state index in [1.807, 2.05) is 12.1 Å². The molecule has 28 heavy (non-hydrogen) atoms. The van der Waals surface area contributed by atoms with Crippen molar-refractivity contribution in [3.05, 3.63) is 23.3 Å². The number of hydrogen-bond donors (Lipinski definition) is 1. The van der Waals surface area contributed by atoms with Gasteiger partial charge in [0.25, 0.3) is 5.91 Å². The number of nitrogens with one attached hydrogen (secondary N) is 1. The smallest absolute Gasteiger partial charge is 0.255 e. The summed E-state index contributed by atoms with van der Waals surface area (Å²) in [5.74, 6) is -0.227. The lowest BCUT2D eigenvalue weighted by Gasteiger charge is -2.32. The molecule has 0 aromatic heterocycles. The largest absolute Gasteiger partial charge is 0.496 e. The van der Waals surface area contributed by atoms with Gasteiger partial charge in [-0.15, -0.1) is 0 Å². The molecule has 0 aliphatic carbocycles. The molecule has 3 amide bonds. The number of amides is 3. The summed E-state index contributed by atoms with van der Waals surface area (Å²) in [5, 5.41) is 2.32. The van der Waals surface area contributed by atoms with Gasteiger partial charge in [0.05, 0.1) is 19.2 Å². The monoisotopic (exact) mass is 385 g/mol. The van der Waals surface area contributed by atoms with E-state index >= 15 is 0 Å². The van der Waals surface area contributed by atoms with Gasteiger partial charge in [0.2, 0.25) is 11.8 Å². The summed E-state index contributed by atoms with van der Waals surface area (Å²) in [5.41, 5.74) is 2.19. The Kier molecular flexibility index (Phi) is 4.78. The van der Waals surface area contributed by atoms with Crippen LogP contribution in [0.1, 0.15) is 41.6 Å². The van der Waals surface area contributed by atoms with Gasteiger partial charge in [-0.2, -0.15) is 0 Å². The molecule has 3 aliphatic rings. The lowest BCUT2D eigenvalue weighted by Crippen LogP contribution is -2.52. The Balaban J connectivity index is 1.60. The van der Waals surface area contributed by atoms with Gasteiger partial charge >= 0.3 is 0 Å². The fourth-order valence-electron chi connectivity index (χ4n) is 4.27. The van der Waals surface area contributed by atoms with Crippen molar-refractivity contribution in [2.75, 3.05) is 25.1 Å². The van der Waals surface area contributed by atoms with Crippen LogP contribution in [0, 0.1) is 5.92 Å². The third kappa shape index (κ3) is 3.12.